The first-order valence-electron chi connectivity index (χ1n) is 9.68. The Balaban J connectivity index is 0.00000210. The van der Waals surface area contributed by atoms with Gasteiger partial charge in [0.15, 0.2) is 5.96 Å². The van der Waals surface area contributed by atoms with Crippen LogP contribution in [0, 0.1) is 0 Å². The summed E-state index contributed by atoms with van der Waals surface area (Å²) in [7, 11) is 0. The molecule has 0 aliphatic carbocycles. The van der Waals surface area contributed by atoms with Crippen molar-refractivity contribution in [1.29, 1.82) is 0 Å². The summed E-state index contributed by atoms with van der Waals surface area (Å²) in [6.07, 6.45) is 7.42. The Morgan fingerprint density at radius 3 is 2.93 bits per heavy atom. The maximum Gasteiger partial charge on any atom is 0.198 e. The third-order valence-corrected chi connectivity index (χ3v) is 5.10. The van der Waals surface area contributed by atoms with Gasteiger partial charge in [0.2, 0.25) is 0 Å². The van der Waals surface area contributed by atoms with Crippen molar-refractivity contribution < 1.29 is 9.15 Å². The van der Waals surface area contributed by atoms with Crippen LogP contribution in [0.25, 0.3) is 0 Å². The molecule has 4 rings (SSSR count). The molecule has 6 heteroatoms. The van der Waals surface area contributed by atoms with Gasteiger partial charge in [-0.1, -0.05) is 18.2 Å². The lowest BCUT2D eigenvalue weighted by atomic mass is 10.1. The average molecular weight is 481 g/mol. The number of hydrogen-bond donors (Lipinski definition) is 1. The monoisotopic (exact) mass is 481 g/mol. The van der Waals surface area contributed by atoms with Gasteiger partial charge in [-0.2, -0.15) is 0 Å². The minimum atomic E-state index is 0. The van der Waals surface area contributed by atoms with Crippen molar-refractivity contribution in [2.45, 2.75) is 38.2 Å². The molecule has 146 valence electrons. The first-order chi connectivity index (χ1) is 12.9. The third-order valence-electron chi connectivity index (χ3n) is 5.10. The van der Waals surface area contributed by atoms with Gasteiger partial charge in [-0.15, -0.1) is 24.0 Å². The molecule has 0 saturated carbocycles. The smallest absolute Gasteiger partial charge is 0.198 e. The number of halogens is 1. The highest BCUT2D eigenvalue weighted by Crippen LogP contribution is 2.27. The number of benzene rings is 1. The van der Waals surface area contributed by atoms with Crippen molar-refractivity contribution >= 4 is 35.6 Å². The number of fused-ring (bicyclic) bond motifs is 1. The molecular formula is C21H28IN3O2. The molecule has 1 saturated heterocycles. The van der Waals surface area contributed by atoms with Gasteiger partial charge in [0.25, 0.3) is 0 Å². The van der Waals surface area contributed by atoms with Gasteiger partial charge in [0, 0.05) is 31.8 Å². The average Bonchev–Trinajstić information content (AvgIpc) is 3.35. The fourth-order valence-electron chi connectivity index (χ4n) is 3.69. The van der Waals surface area contributed by atoms with Crippen LogP contribution in [0.3, 0.4) is 0 Å². The lowest BCUT2D eigenvalue weighted by Gasteiger charge is -2.25. The number of nitrogens with zero attached hydrogens (tertiary/aromatic N) is 2. The zero-order chi connectivity index (χ0) is 17.6. The van der Waals surface area contributed by atoms with Gasteiger partial charge < -0.3 is 19.4 Å². The molecule has 0 spiro atoms. The van der Waals surface area contributed by atoms with E-state index in [1.165, 1.54) is 24.1 Å². The Hall–Kier alpha value is -1.54. The molecule has 1 unspecified atom stereocenters. The van der Waals surface area contributed by atoms with Crippen LogP contribution in [0.2, 0.25) is 0 Å². The van der Waals surface area contributed by atoms with Gasteiger partial charge in [0.1, 0.15) is 5.76 Å². The van der Waals surface area contributed by atoms with Crippen molar-refractivity contribution in [3.8, 4) is 0 Å². The van der Waals surface area contributed by atoms with Gasteiger partial charge in [0.05, 0.1) is 18.9 Å². The van der Waals surface area contributed by atoms with Crippen LogP contribution in [0.1, 0.15) is 30.6 Å². The molecule has 27 heavy (non-hydrogen) atoms. The summed E-state index contributed by atoms with van der Waals surface area (Å²) < 4.78 is 11.3. The maximum absolute atomic E-state index is 5.86. The summed E-state index contributed by atoms with van der Waals surface area (Å²) in [5.41, 5.74) is 2.66. The lowest BCUT2D eigenvalue weighted by Crippen LogP contribution is -2.42. The topological polar surface area (TPSA) is 50.0 Å². The van der Waals surface area contributed by atoms with Crippen LogP contribution in [0.15, 0.2) is 52.1 Å². The summed E-state index contributed by atoms with van der Waals surface area (Å²) >= 11 is 0. The molecule has 1 aromatic heterocycles. The van der Waals surface area contributed by atoms with Crippen LogP contribution in [-0.4, -0.2) is 38.3 Å². The molecule has 1 N–H and O–H groups in total. The zero-order valence-corrected chi connectivity index (χ0v) is 17.9. The number of para-hydroxylation sites is 1. The molecule has 1 fully saturated rings. The van der Waals surface area contributed by atoms with Gasteiger partial charge in [-0.25, -0.2) is 0 Å². The van der Waals surface area contributed by atoms with Crippen LogP contribution < -0.4 is 10.2 Å². The molecule has 3 heterocycles. The lowest BCUT2D eigenvalue weighted by molar-refractivity contribution is 0.0224. The minimum absolute atomic E-state index is 0. The van der Waals surface area contributed by atoms with E-state index in [1.54, 1.807) is 6.26 Å². The van der Waals surface area contributed by atoms with Crippen molar-refractivity contribution in [2.75, 3.05) is 31.1 Å². The molecule has 2 aromatic rings. The van der Waals surface area contributed by atoms with Gasteiger partial charge >= 0.3 is 0 Å². The fourth-order valence-corrected chi connectivity index (χ4v) is 3.69. The molecule has 1 aromatic carbocycles. The number of aliphatic imine (C=N–C) groups is 1. The van der Waals surface area contributed by atoms with Crippen LogP contribution in [0.4, 0.5) is 5.69 Å². The normalized spacial score (nSPS) is 19.5. The van der Waals surface area contributed by atoms with Crippen LogP contribution >= 0.6 is 24.0 Å². The summed E-state index contributed by atoms with van der Waals surface area (Å²) in [6, 6.07) is 12.5. The van der Waals surface area contributed by atoms with Crippen LogP contribution in [0.5, 0.6) is 0 Å². The van der Waals surface area contributed by atoms with E-state index in [0.29, 0.717) is 0 Å². The molecule has 2 aliphatic rings. The van der Waals surface area contributed by atoms with Crippen molar-refractivity contribution in [3.63, 3.8) is 0 Å². The summed E-state index contributed by atoms with van der Waals surface area (Å²) in [5.74, 6) is 1.95. The van der Waals surface area contributed by atoms with E-state index in [2.05, 4.69) is 34.5 Å². The number of hydrogen-bond acceptors (Lipinski definition) is 3. The first-order valence-corrected chi connectivity index (χ1v) is 9.68. The van der Waals surface area contributed by atoms with E-state index in [9.17, 15) is 0 Å². The number of furan rings is 1. The highest BCUT2D eigenvalue weighted by atomic mass is 127. The second-order valence-corrected chi connectivity index (χ2v) is 6.94. The SMILES string of the molecule is I.c1coc(CCNC(=NCC2CCCCO2)N2CCc3ccccc32)c1. The van der Waals surface area contributed by atoms with Gasteiger partial charge in [-0.3, -0.25) is 4.99 Å². The van der Waals surface area contributed by atoms with Gasteiger partial charge in [-0.05, 0) is 49.4 Å². The third kappa shape index (κ3) is 5.25. The predicted molar refractivity (Wildman–Crippen MR) is 119 cm³/mol. The zero-order valence-electron chi connectivity index (χ0n) is 15.6. The van der Waals surface area contributed by atoms with E-state index in [-0.39, 0.29) is 30.1 Å². The number of rotatable bonds is 5. The second kappa shape index (κ2) is 10.1. The largest absolute Gasteiger partial charge is 0.469 e. The van der Waals surface area contributed by atoms with E-state index in [1.807, 2.05) is 12.1 Å². The molecular weight excluding hydrogens is 453 g/mol. The number of ether oxygens (including phenoxy) is 1. The molecule has 1 atom stereocenters. The fraction of sp³-hybridized carbons (Fsp3) is 0.476. The first kappa shape index (κ1) is 20.2. The molecule has 2 aliphatic heterocycles. The second-order valence-electron chi connectivity index (χ2n) is 6.94. The number of guanidine groups is 1. The summed E-state index contributed by atoms with van der Waals surface area (Å²) in [4.78, 5) is 7.23. The number of anilines is 1. The number of nitrogens with one attached hydrogen (secondary N) is 1. The highest BCUT2D eigenvalue weighted by Gasteiger charge is 2.23. The Kier molecular flexibility index (Phi) is 7.58. The van der Waals surface area contributed by atoms with Crippen LogP contribution in [-0.2, 0) is 17.6 Å². The van der Waals surface area contributed by atoms with Crippen molar-refractivity contribution in [1.82, 2.24) is 5.32 Å². The summed E-state index contributed by atoms with van der Waals surface area (Å²) in [6.45, 7) is 3.36. The Labute approximate surface area is 178 Å². The predicted octanol–water partition coefficient (Wildman–Crippen LogP) is 4.02. The summed E-state index contributed by atoms with van der Waals surface area (Å²) in [5, 5.41) is 3.54. The quantitative estimate of drug-likeness (QED) is 0.398. The Morgan fingerprint density at radius 1 is 1.19 bits per heavy atom. The maximum atomic E-state index is 5.86. The van der Waals surface area contributed by atoms with E-state index >= 15 is 0 Å². The van der Waals surface area contributed by atoms with Crippen molar-refractivity contribution in [2.24, 2.45) is 4.99 Å². The molecule has 0 amide bonds. The minimum Gasteiger partial charge on any atom is -0.469 e. The highest BCUT2D eigenvalue weighted by molar-refractivity contribution is 14.0. The molecule has 0 bridgehead atoms. The van der Waals surface area contributed by atoms with E-state index < -0.39 is 0 Å². The molecule has 5 nitrogen and oxygen atoms in total. The standard InChI is InChI=1S/C21H27N3O2.HI/c1-2-9-20-17(6-1)11-13-24(20)21(22-12-10-18-8-5-15-25-18)23-16-19-7-3-4-14-26-19;/h1-2,5-6,8-9,15,19H,3-4,7,10-14,16H2,(H,22,23);1H. The van der Waals surface area contributed by atoms with E-state index in [0.717, 1.165) is 57.2 Å². The van der Waals surface area contributed by atoms with Crippen molar-refractivity contribution in [3.05, 3.63) is 54.0 Å². The Morgan fingerprint density at radius 2 is 2.11 bits per heavy atom. The molecule has 0 radical (unpaired) electrons. The Bertz CT molecular complexity index is 727. The van der Waals surface area contributed by atoms with E-state index in [4.69, 9.17) is 14.1 Å².